The molecule has 0 saturated heterocycles. The van der Waals surface area contributed by atoms with E-state index in [1.807, 2.05) is 38.1 Å². The molecule has 26 heavy (non-hydrogen) atoms. The SMILES string of the molecule is CCCN(Cc1cc2cc(C)ccc2[nH]c1=O)C(=O)c1ccccc1Cl. The van der Waals surface area contributed by atoms with Gasteiger partial charge in [-0.05, 0) is 49.1 Å². The predicted octanol–water partition coefficient (Wildman–Crippen LogP) is 4.54. The summed E-state index contributed by atoms with van der Waals surface area (Å²) in [7, 11) is 0. The predicted molar refractivity (Wildman–Crippen MR) is 106 cm³/mol. The number of nitrogens with zero attached hydrogens (tertiary/aromatic N) is 1. The molecule has 1 amide bonds. The van der Waals surface area contributed by atoms with Crippen LogP contribution in [0.25, 0.3) is 10.9 Å². The number of H-pyrrole nitrogens is 1. The zero-order valence-electron chi connectivity index (χ0n) is 14.9. The lowest BCUT2D eigenvalue weighted by Gasteiger charge is -2.22. The van der Waals surface area contributed by atoms with Crippen LogP contribution in [0.1, 0.15) is 34.8 Å². The minimum Gasteiger partial charge on any atom is -0.334 e. The highest BCUT2D eigenvalue weighted by Crippen LogP contribution is 2.19. The van der Waals surface area contributed by atoms with Crippen molar-refractivity contribution in [3.05, 3.63) is 80.6 Å². The van der Waals surface area contributed by atoms with Crippen molar-refractivity contribution in [3.8, 4) is 0 Å². The smallest absolute Gasteiger partial charge is 0.255 e. The first kappa shape index (κ1) is 18.2. The second-order valence-corrected chi connectivity index (χ2v) is 6.83. The van der Waals surface area contributed by atoms with Gasteiger partial charge in [-0.2, -0.15) is 0 Å². The molecule has 0 aliphatic rings. The summed E-state index contributed by atoms with van der Waals surface area (Å²) >= 11 is 6.18. The number of aromatic amines is 1. The molecule has 0 unspecified atom stereocenters. The molecule has 3 rings (SSSR count). The number of fused-ring (bicyclic) bond motifs is 1. The number of amides is 1. The van der Waals surface area contributed by atoms with Gasteiger partial charge in [0.05, 0.1) is 17.1 Å². The van der Waals surface area contributed by atoms with E-state index >= 15 is 0 Å². The molecule has 0 saturated carbocycles. The van der Waals surface area contributed by atoms with Crippen LogP contribution in [0.2, 0.25) is 5.02 Å². The molecule has 134 valence electrons. The molecule has 0 radical (unpaired) electrons. The molecule has 0 fully saturated rings. The van der Waals surface area contributed by atoms with Gasteiger partial charge in [0.25, 0.3) is 11.5 Å². The molecule has 5 heteroatoms. The van der Waals surface area contributed by atoms with E-state index in [1.54, 1.807) is 29.2 Å². The molecule has 4 nitrogen and oxygen atoms in total. The second kappa shape index (κ2) is 7.75. The van der Waals surface area contributed by atoms with E-state index in [9.17, 15) is 9.59 Å². The van der Waals surface area contributed by atoms with Crippen LogP contribution in [-0.2, 0) is 6.54 Å². The molecule has 0 bridgehead atoms. The van der Waals surface area contributed by atoms with Gasteiger partial charge in [0.1, 0.15) is 0 Å². The third kappa shape index (κ3) is 3.81. The normalized spacial score (nSPS) is 10.9. The molecule has 1 heterocycles. The maximum absolute atomic E-state index is 12.9. The first-order valence-corrected chi connectivity index (χ1v) is 9.03. The van der Waals surface area contributed by atoms with E-state index in [0.29, 0.717) is 22.7 Å². The van der Waals surface area contributed by atoms with Crippen LogP contribution in [0, 0.1) is 6.92 Å². The third-order valence-electron chi connectivity index (χ3n) is 4.32. The summed E-state index contributed by atoms with van der Waals surface area (Å²) in [4.78, 5) is 30.0. The summed E-state index contributed by atoms with van der Waals surface area (Å²) in [6.45, 7) is 4.81. The average molecular weight is 369 g/mol. The Morgan fingerprint density at radius 2 is 1.92 bits per heavy atom. The lowest BCUT2D eigenvalue weighted by Crippen LogP contribution is -2.33. The molecule has 3 aromatic rings. The standard InChI is InChI=1S/C21H21ClN2O2/c1-3-10-24(21(26)17-6-4-5-7-18(17)22)13-16-12-15-11-14(2)8-9-19(15)23-20(16)25/h4-9,11-12H,3,10,13H2,1-2H3,(H,23,25). The number of carbonyl (C=O) groups excluding carboxylic acids is 1. The highest BCUT2D eigenvalue weighted by Gasteiger charge is 2.19. The number of pyridine rings is 1. The van der Waals surface area contributed by atoms with Crippen LogP contribution in [0.4, 0.5) is 0 Å². The molecule has 2 aromatic carbocycles. The molecule has 0 aliphatic carbocycles. The summed E-state index contributed by atoms with van der Waals surface area (Å²) in [6.07, 6.45) is 0.792. The summed E-state index contributed by atoms with van der Waals surface area (Å²) < 4.78 is 0. The van der Waals surface area contributed by atoms with Gasteiger partial charge in [-0.1, -0.05) is 42.3 Å². The van der Waals surface area contributed by atoms with E-state index in [1.165, 1.54) is 0 Å². The fourth-order valence-corrected chi connectivity index (χ4v) is 3.24. The van der Waals surface area contributed by atoms with E-state index < -0.39 is 0 Å². The molecule has 0 atom stereocenters. The number of aryl methyl sites for hydroxylation is 1. The van der Waals surface area contributed by atoms with Crippen LogP contribution in [0.3, 0.4) is 0 Å². The van der Waals surface area contributed by atoms with Crippen LogP contribution in [-0.4, -0.2) is 22.3 Å². The molecule has 1 aromatic heterocycles. The molecule has 0 aliphatic heterocycles. The first-order chi connectivity index (χ1) is 12.5. The van der Waals surface area contributed by atoms with Crippen molar-refractivity contribution < 1.29 is 4.79 Å². The number of carbonyl (C=O) groups is 1. The fourth-order valence-electron chi connectivity index (χ4n) is 3.02. The number of aromatic nitrogens is 1. The lowest BCUT2D eigenvalue weighted by atomic mass is 10.1. The Labute approximate surface area is 157 Å². The van der Waals surface area contributed by atoms with Crippen molar-refractivity contribution >= 4 is 28.4 Å². The van der Waals surface area contributed by atoms with Crippen molar-refractivity contribution in [2.24, 2.45) is 0 Å². The van der Waals surface area contributed by atoms with Crippen molar-refractivity contribution in [1.82, 2.24) is 9.88 Å². The zero-order valence-corrected chi connectivity index (χ0v) is 15.6. The highest BCUT2D eigenvalue weighted by molar-refractivity contribution is 6.33. The van der Waals surface area contributed by atoms with Crippen LogP contribution >= 0.6 is 11.6 Å². The Balaban J connectivity index is 1.96. The molecule has 1 N–H and O–H groups in total. The van der Waals surface area contributed by atoms with Crippen molar-refractivity contribution in [2.45, 2.75) is 26.8 Å². The van der Waals surface area contributed by atoms with E-state index in [4.69, 9.17) is 11.6 Å². The highest BCUT2D eigenvalue weighted by atomic mass is 35.5. The van der Waals surface area contributed by atoms with Gasteiger partial charge in [-0.15, -0.1) is 0 Å². The quantitative estimate of drug-likeness (QED) is 0.718. The summed E-state index contributed by atoms with van der Waals surface area (Å²) in [6, 6.07) is 14.7. The number of benzene rings is 2. The van der Waals surface area contributed by atoms with E-state index in [0.717, 1.165) is 22.9 Å². The Morgan fingerprint density at radius 3 is 2.65 bits per heavy atom. The van der Waals surface area contributed by atoms with Gasteiger partial charge in [-0.25, -0.2) is 0 Å². The summed E-state index contributed by atoms with van der Waals surface area (Å²) in [5, 5.41) is 1.38. The molecule has 0 spiro atoms. The second-order valence-electron chi connectivity index (χ2n) is 6.42. The van der Waals surface area contributed by atoms with Crippen molar-refractivity contribution in [3.63, 3.8) is 0 Å². The third-order valence-corrected chi connectivity index (χ3v) is 4.65. The van der Waals surface area contributed by atoms with Gasteiger partial charge in [0, 0.05) is 17.6 Å². The van der Waals surface area contributed by atoms with Gasteiger partial charge in [0.2, 0.25) is 0 Å². The largest absolute Gasteiger partial charge is 0.334 e. The number of rotatable bonds is 5. The topological polar surface area (TPSA) is 53.2 Å². The van der Waals surface area contributed by atoms with E-state index in [-0.39, 0.29) is 18.0 Å². The monoisotopic (exact) mass is 368 g/mol. The average Bonchev–Trinajstić information content (AvgIpc) is 2.62. The number of hydrogen-bond acceptors (Lipinski definition) is 2. The maximum atomic E-state index is 12.9. The number of halogens is 1. The molecular formula is C21H21ClN2O2. The Kier molecular flexibility index (Phi) is 5.43. The number of hydrogen-bond donors (Lipinski definition) is 1. The zero-order chi connectivity index (χ0) is 18.7. The Hall–Kier alpha value is -2.59. The molecular weight excluding hydrogens is 348 g/mol. The van der Waals surface area contributed by atoms with Gasteiger partial charge in [-0.3, -0.25) is 9.59 Å². The number of nitrogens with one attached hydrogen (secondary N) is 1. The summed E-state index contributed by atoms with van der Waals surface area (Å²) in [5.41, 5.74) is 2.76. The summed E-state index contributed by atoms with van der Waals surface area (Å²) in [5.74, 6) is -0.166. The van der Waals surface area contributed by atoms with Crippen molar-refractivity contribution in [1.29, 1.82) is 0 Å². The van der Waals surface area contributed by atoms with Gasteiger partial charge < -0.3 is 9.88 Å². The van der Waals surface area contributed by atoms with Crippen LogP contribution < -0.4 is 5.56 Å². The fraction of sp³-hybridized carbons (Fsp3) is 0.238. The van der Waals surface area contributed by atoms with E-state index in [2.05, 4.69) is 4.98 Å². The first-order valence-electron chi connectivity index (χ1n) is 8.66. The minimum absolute atomic E-state index is 0.166. The van der Waals surface area contributed by atoms with Gasteiger partial charge >= 0.3 is 0 Å². The Morgan fingerprint density at radius 1 is 1.15 bits per heavy atom. The van der Waals surface area contributed by atoms with Crippen LogP contribution in [0.15, 0.2) is 53.3 Å². The maximum Gasteiger partial charge on any atom is 0.255 e. The minimum atomic E-state index is -0.172. The van der Waals surface area contributed by atoms with Gasteiger partial charge in [0.15, 0.2) is 0 Å². The Bertz CT molecular complexity index is 1010. The van der Waals surface area contributed by atoms with Crippen LogP contribution in [0.5, 0.6) is 0 Å². The van der Waals surface area contributed by atoms with Crippen molar-refractivity contribution in [2.75, 3.05) is 6.54 Å². The lowest BCUT2D eigenvalue weighted by molar-refractivity contribution is 0.0743.